The molecule has 1 heterocycles. The zero-order valence-corrected chi connectivity index (χ0v) is 10.4. The van der Waals surface area contributed by atoms with Crippen LogP contribution in [0.5, 0.6) is 0 Å². The van der Waals surface area contributed by atoms with E-state index in [1.54, 1.807) is 0 Å². The van der Waals surface area contributed by atoms with Gasteiger partial charge in [-0.3, -0.25) is 9.79 Å². The number of hydrogen-bond acceptors (Lipinski definition) is 3. The van der Waals surface area contributed by atoms with Crippen LogP contribution >= 0.6 is 11.8 Å². The van der Waals surface area contributed by atoms with E-state index in [9.17, 15) is 13.6 Å². The van der Waals surface area contributed by atoms with Gasteiger partial charge in [0.2, 0.25) is 5.91 Å². The molecule has 3 nitrogen and oxygen atoms in total. The quantitative estimate of drug-likeness (QED) is 0.914. The lowest BCUT2D eigenvalue weighted by Gasteiger charge is -2.05. The normalized spacial score (nSPS) is 14.4. The van der Waals surface area contributed by atoms with Crippen molar-refractivity contribution in [3.05, 3.63) is 35.4 Å². The monoisotopic (exact) mass is 270 g/mol. The zero-order valence-electron chi connectivity index (χ0n) is 9.58. The fourth-order valence-electron chi connectivity index (χ4n) is 1.58. The van der Waals surface area contributed by atoms with E-state index in [1.807, 2.05) is 0 Å². The van der Waals surface area contributed by atoms with Gasteiger partial charge in [-0.25, -0.2) is 8.78 Å². The molecular weight excluding hydrogens is 258 g/mol. The molecule has 6 heteroatoms. The van der Waals surface area contributed by atoms with Gasteiger partial charge in [0.1, 0.15) is 11.6 Å². The second kappa shape index (κ2) is 5.95. The Morgan fingerprint density at radius 3 is 3.00 bits per heavy atom. The van der Waals surface area contributed by atoms with Crippen LogP contribution in [0.2, 0.25) is 0 Å². The molecule has 1 N–H and O–H groups in total. The number of hydrogen-bond donors (Lipinski definition) is 1. The minimum Gasteiger partial charge on any atom is -0.305 e. The Hall–Kier alpha value is -1.43. The van der Waals surface area contributed by atoms with E-state index in [0.717, 1.165) is 24.0 Å². The van der Waals surface area contributed by atoms with Crippen LogP contribution in [-0.2, 0) is 11.2 Å². The number of aliphatic imine (C=N–C) groups is 1. The van der Waals surface area contributed by atoms with Crippen LogP contribution in [0.4, 0.5) is 8.78 Å². The summed E-state index contributed by atoms with van der Waals surface area (Å²) in [6, 6.07) is 3.24. The molecule has 1 aromatic carbocycles. The van der Waals surface area contributed by atoms with Crippen molar-refractivity contribution in [2.24, 2.45) is 4.99 Å². The number of aryl methyl sites for hydroxylation is 1. The Labute approximate surface area is 108 Å². The van der Waals surface area contributed by atoms with E-state index < -0.39 is 11.6 Å². The van der Waals surface area contributed by atoms with Crippen molar-refractivity contribution >= 4 is 22.8 Å². The van der Waals surface area contributed by atoms with Gasteiger partial charge in [0, 0.05) is 12.2 Å². The molecule has 1 aliphatic heterocycles. The van der Waals surface area contributed by atoms with Crippen molar-refractivity contribution in [2.45, 2.75) is 12.8 Å². The van der Waals surface area contributed by atoms with Gasteiger partial charge in [0.05, 0.1) is 6.54 Å². The molecule has 0 radical (unpaired) electrons. The van der Waals surface area contributed by atoms with Crippen molar-refractivity contribution in [2.75, 3.05) is 12.3 Å². The van der Waals surface area contributed by atoms with Crippen LogP contribution in [0.15, 0.2) is 23.2 Å². The maximum absolute atomic E-state index is 13.3. The molecule has 0 fully saturated rings. The number of nitrogens with zero attached hydrogens (tertiary/aromatic N) is 1. The molecular formula is C12H12F2N2OS. The average molecular weight is 270 g/mol. The highest BCUT2D eigenvalue weighted by Crippen LogP contribution is 2.12. The molecule has 0 saturated heterocycles. The summed E-state index contributed by atoms with van der Waals surface area (Å²) in [4.78, 5) is 15.6. The molecule has 2 rings (SSSR count). The number of carbonyl (C=O) groups is 1. The Bertz CT molecular complexity index is 491. The van der Waals surface area contributed by atoms with Crippen molar-refractivity contribution in [1.82, 2.24) is 5.32 Å². The predicted octanol–water partition coefficient (Wildman–Crippen LogP) is 2.12. The topological polar surface area (TPSA) is 41.5 Å². The molecule has 0 unspecified atom stereocenters. The van der Waals surface area contributed by atoms with Gasteiger partial charge >= 0.3 is 0 Å². The average Bonchev–Trinajstić information content (AvgIpc) is 2.83. The van der Waals surface area contributed by atoms with Crippen molar-refractivity contribution in [1.29, 1.82) is 0 Å². The highest BCUT2D eigenvalue weighted by atomic mass is 32.2. The third-order valence-corrected chi connectivity index (χ3v) is 3.35. The molecule has 1 aromatic rings. The Balaban J connectivity index is 1.87. The number of amides is 1. The van der Waals surface area contributed by atoms with Crippen molar-refractivity contribution in [3.63, 3.8) is 0 Å². The summed E-state index contributed by atoms with van der Waals surface area (Å²) in [6.07, 6.45) is 0.285. The molecule has 96 valence electrons. The van der Waals surface area contributed by atoms with Crippen LogP contribution < -0.4 is 5.32 Å². The van der Waals surface area contributed by atoms with Crippen LogP contribution in [0, 0.1) is 11.6 Å². The minimum absolute atomic E-state index is 0.111. The maximum Gasteiger partial charge on any atom is 0.226 e. The second-order valence-corrected chi connectivity index (χ2v) is 4.90. The Kier molecular flexibility index (Phi) is 4.30. The van der Waals surface area contributed by atoms with Crippen LogP contribution in [-0.4, -0.2) is 23.4 Å². The number of amidine groups is 1. The lowest BCUT2D eigenvalue weighted by atomic mass is 10.1. The SMILES string of the molecule is O=C(CCc1cc(F)ccc1F)NC1=NCCS1. The van der Waals surface area contributed by atoms with E-state index in [-0.39, 0.29) is 24.3 Å². The predicted molar refractivity (Wildman–Crippen MR) is 67.6 cm³/mol. The summed E-state index contributed by atoms with van der Waals surface area (Å²) >= 11 is 1.48. The third kappa shape index (κ3) is 3.53. The van der Waals surface area contributed by atoms with Crippen LogP contribution in [0.25, 0.3) is 0 Å². The molecule has 0 aromatic heterocycles. The van der Waals surface area contributed by atoms with Gasteiger partial charge in [-0.05, 0) is 30.2 Å². The molecule has 0 aliphatic carbocycles. The minimum atomic E-state index is -0.498. The Morgan fingerprint density at radius 1 is 1.44 bits per heavy atom. The number of nitrogens with one attached hydrogen (secondary N) is 1. The highest BCUT2D eigenvalue weighted by Gasteiger charge is 2.12. The van der Waals surface area contributed by atoms with E-state index in [0.29, 0.717) is 11.7 Å². The molecule has 1 aliphatic rings. The van der Waals surface area contributed by atoms with Gasteiger partial charge < -0.3 is 5.32 Å². The number of rotatable bonds is 3. The van der Waals surface area contributed by atoms with Gasteiger partial charge in [-0.15, -0.1) is 0 Å². The first-order valence-electron chi connectivity index (χ1n) is 5.56. The zero-order chi connectivity index (χ0) is 13.0. The van der Waals surface area contributed by atoms with E-state index >= 15 is 0 Å². The molecule has 0 saturated carbocycles. The molecule has 1 amide bonds. The molecule has 18 heavy (non-hydrogen) atoms. The van der Waals surface area contributed by atoms with Crippen LogP contribution in [0.3, 0.4) is 0 Å². The summed E-state index contributed by atoms with van der Waals surface area (Å²) in [7, 11) is 0. The number of halogens is 2. The largest absolute Gasteiger partial charge is 0.305 e. The van der Waals surface area contributed by atoms with Gasteiger partial charge in [0.15, 0.2) is 5.17 Å². The van der Waals surface area contributed by atoms with Crippen LogP contribution in [0.1, 0.15) is 12.0 Å². The third-order valence-electron chi connectivity index (χ3n) is 2.46. The molecule has 0 atom stereocenters. The Morgan fingerprint density at radius 2 is 2.28 bits per heavy atom. The maximum atomic E-state index is 13.3. The van der Waals surface area contributed by atoms with Crippen molar-refractivity contribution in [3.8, 4) is 0 Å². The summed E-state index contributed by atoms with van der Waals surface area (Å²) in [6.45, 7) is 0.707. The lowest BCUT2D eigenvalue weighted by molar-refractivity contribution is -0.119. The van der Waals surface area contributed by atoms with E-state index in [2.05, 4.69) is 10.3 Å². The summed E-state index contributed by atoms with van der Waals surface area (Å²) in [5.74, 6) is -0.347. The van der Waals surface area contributed by atoms with Gasteiger partial charge in [0.25, 0.3) is 0 Å². The van der Waals surface area contributed by atoms with Crippen molar-refractivity contribution < 1.29 is 13.6 Å². The van der Waals surface area contributed by atoms with Gasteiger partial charge in [-0.2, -0.15) is 0 Å². The highest BCUT2D eigenvalue weighted by molar-refractivity contribution is 8.14. The number of benzene rings is 1. The fraction of sp³-hybridized carbons (Fsp3) is 0.333. The molecule has 0 bridgehead atoms. The first-order chi connectivity index (χ1) is 8.65. The second-order valence-electron chi connectivity index (χ2n) is 3.82. The molecule has 0 spiro atoms. The first kappa shape index (κ1) is 13.0. The van der Waals surface area contributed by atoms with E-state index in [1.165, 1.54) is 11.8 Å². The summed E-state index contributed by atoms with van der Waals surface area (Å²) in [5.41, 5.74) is 0.214. The fourth-order valence-corrected chi connectivity index (χ4v) is 2.32. The smallest absolute Gasteiger partial charge is 0.226 e. The number of thioether (sulfide) groups is 1. The number of carbonyl (C=O) groups excluding carboxylic acids is 1. The first-order valence-corrected chi connectivity index (χ1v) is 6.55. The van der Waals surface area contributed by atoms with E-state index in [4.69, 9.17) is 0 Å². The lowest BCUT2D eigenvalue weighted by Crippen LogP contribution is -2.27. The standard InChI is InChI=1S/C12H12F2N2OS/c13-9-2-3-10(14)8(7-9)1-4-11(17)16-12-15-5-6-18-12/h2-3,7H,1,4-6H2,(H,15,16,17). The van der Waals surface area contributed by atoms with Gasteiger partial charge in [-0.1, -0.05) is 11.8 Å². The summed E-state index contributed by atoms with van der Waals surface area (Å²) < 4.78 is 26.2. The summed E-state index contributed by atoms with van der Waals surface area (Å²) in [5, 5.41) is 3.25.